The molecular weight excluding hydrogens is 410 g/mol. The van der Waals surface area contributed by atoms with E-state index < -0.39 is 5.97 Å². The topological polar surface area (TPSA) is 113 Å². The molecular formula is C23H37N5O4. The van der Waals surface area contributed by atoms with Gasteiger partial charge in [-0.2, -0.15) is 0 Å². The molecule has 1 aromatic heterocycles. The molecule has 32 heavy (non-hydrogen) atoms. The van der Waals surface area contributed by atoms with E-state index in [1.54, 1.807) is 7.05 Å². The quantitative estimate of drug-likeness (QED) is 0.352. The number of carbonyl (C=O) groups excluding carboxylic acids is 2. The van der Waals surface area contributed by atoms with Crippen LogP contribution in [-0.4, -0.2) is 43.1 Å². The first-order valence-electron chi connectivity index (χ1n) is 11.1. The van der Waals surface area contributed by atoms with Crippen LogP contribution in [0.4, 0.5) is 11.5 Å². The summed E-state index contributed by atoms with van der Waals surface area (Å²) in [6.07, 6.45) is 2.53. The first-order chi connectivity index (χ1) is 14.8. The molecule has 1 saturated carbocycles. The van der Waals surface area contributed by atoms with Crippen molar-refractivity contribution in [3.8, 4) is 0 Å². The lowest BCUT2D eigenvalue weighted by Crippen LogP contribution is -2.49. The van der Waals surface area contributed by atoms with E-state index in [-0.39, 0.29) is 35.3 Å². The van der Waals surface area contributed by atoms with Gasteiger partial charge in [0, 0.05) is 38.2 Å². The van der Waals surface area contributed by atoms with E-state index in [0.29, 0.717) is 12.2 Å². The molecule has 0 saturated heterocycles. The fourth-order valence-corrected chi connectivity index (χ4v) is 3.84. The van der Waals surface area contributed by atoms with Gasteiger partial charge in [-0.15, -0.1) is 4.91 Å². The van der Waals surface area contributed by atoms with Gasteiger partial charge < -0.3 is 15.4 Å². The predicted octanol–water partition coefficient (Wildman–Crippen LogP) is 4.00. The van der Waals surface area contributed by atoms with Crippen molar-refractivity contribution in [2.45, 2.75) is 72.8 Å². The van der Waals surface area contributed by atoms with Gasteiger partial charge >= 0.3 is 5.97 Å². The molecule has 1 heterocycles. The van der Waals surface area contributed by atoms with Crippen LogP contribution in [0, 0.1) is 15.7 Å². The number of nitrogens with zero attached hydrogens (tertiary/aromatic N) is 3. The highest BCUT2D eigenvalue weighted by Crippen LogP contribution is 2.43. The van der Waals surface area contributed by atoms with Crippen LogP contribution in [0.5, 0.6) is 0 Å². The van der Waals surface area contributed by atoms with Crippen molar-refractivity contribution in [1.29, 1.82) is 0 Å². The lowest BCUT2D eigenvalue weighted by molar-refractivity contribution is -0.146. The Bertz CT molecular complexity index is 834. The summed E-state index contributed by atoms with van der Waals surface area (Å²) in [5.74, 6) is -0.176. The van der Waals surface area contributed by atoms with Gasteiger partial charge in [-0.05, 0) is 42.2 Å². The number of hydrogen-bond acceptors (Lipinski definition) is 7. The number of rotatable bonds is 8. The molecule has 1 aromatic rings. The monoisotopic (exact) mass is 447 g/mol. The van der Waals surface area contributed by atoms with Crippen LogP contribution in [0.1, 0.15) is 72.4 Å². The standard InChI is InChI=1S/C23H37N5O4/c1-15(29)32-13-20(30)26-19-12-16(10-11-23(19,5)6)17-8-9-18(24-14-22(2,3)4)21(25-17)28(7)27-31/h8-9,16,19,24H,10-14H2,1-7H3,(H,26,30). The highest BCUT2D eigenvalue weighted by Gasteiger charge is 2.38. The Hall–Kier alpha value is -2.71. The number of nitrogens with one attached hydrogen (secondary N) is 2. The highest BCUT2D eigenvalue weighted by atomic mass is 16.5. The van der Waals surface area contributed by atoms with Crippen molar-refractivity contribution in [2.24, 2.45) is 16.1 Å². The van der Waals surface area contributed by atoms with Gasteiger partial charge in [0.2, 0.25) is 0 Å². The Kier molecular flexibility index (Phi) is 8.20. The van der Waals surface area contributed by atoms with Gasteiger partial charge in [-0.25, -0.2) is 9.99 Å². The predicted molar refractivity (Wildman–Crippen MR) is 125 cm³/mol. The minimum atomic E-state index is -0.481. The molecule has 2 rings (SSSR count). The molecule has 0 radical (unpaired) electrons. The van der Waals surface area contributed by atoms with E-state index in [1.165, 1.54) is 11.9 Å². The largest absolute Gasteiger partial charge is 0.456 e. The summed E-state index contributed by atoms with van der Waals surface area (Å²) >= 11 is 0. The second kappa shape index (κ2) is 10.3. The number of esters is 1. The van der Waals surface area contributed by atoms with Crippen molar-refractivity contribution in [1.82, 2.24) is 10.3 Å². The van der Waals surface area contributed by atoms with E-state index in [2.05, 4.69) is 50.5 Å². The zero-order chi connectivity index (χ0) is 24.1. The normalized spacial score (nSPS) is 20.2. The van der Waals surface area contributed by atoms with E-state index in [4.69, 9.17) is 9.72 Å². The van der Waals surface area contributed by atoms with Crippen LogP contribution >= 0.6 is 0 Å². The minimum absolute atomic E-state index is 0.0651. The second-order valence-corrected chi connectivity index (χ2v) is 10.5. The van der Waals surface area contributed by atoms with E-state index in [0.717, 1.165) is 30.8 Å². The third kappa shape index (κ3) is 7.17. The maximum Gasteiger partial charge on any atom is 0.303 e. The Balaban J connectivity index is 2.21. The molecule has 2 N–H and O–H groups in total. The van der Waals surface area contributed by atoms with Crippen molar-refractivity contribution in [3.63, 3.8) is 0 Å². The van der Waals surface area contributed by atoms with Crippen molar-refractivity contribution >= 4 is 23.4 Å². The number of pyridine rings is 1. The van der Waals surface area contributed by atoms with Crippen LogP contribution < -0.4 is 15.6 Å². The van der Waals surface area contributed by atoms with Gasteiger partial charge in [-0.1, -0.05) is 34.6 Å². The lowest BCUT2D eigenvalue weighted by Gasteiger charge is -2.42. The van der Waals surface area contributed by atoms with E-state index in [1.807, 2.05) is 12.1 Å². The molecule has 9 nitrogen and oxygen atoms in total. The maximum atomic E-state index is 12.3. The molecule has 1 fully saturated rings. The number of carbonyl (C=O) groups is 2. The number of anilines is 2. The van der Waals surface area contributed by atoms with Crippen molar-refractivity contribution < 1.29 is 14.3 Å². The van der Waals surface area contributed by atoms with Crippen molar-refractivity contribution in [3.05, 3.63) is 22.7 Å². The molecule has 178 valence electrons. The molecule has 2 unspecified atom stereocenters. The van der Waals surface area contributed by atoms with Gasteiger partial charge in [0.05, 0.1) is 11.0 Å². The van der Waals surface area contributed by atoms with Gasteiger partial charge in [0.1, 0.15) is 0 Å². The number of hydrogen-bond donors (Lipinski definition) is 2. The smallest absolute Gasteiger partial charge is 0.303 e. The average molecular weight is 448 g/mol. The number of aromatic nitrogens is 1. The summed E-state index contributed by atoms with van der Waals surface area (Å²) in [4.78, 5) is 39.3. The zero-order valence-electron chi connectivity index (χ0n) is 20.3. The SMILES string of the molecule is CC(=O)OCC(=O)NC1CC(c2ccc(NCC(C)(C)C)c(N(C)N=O)n2)CCC1(C)C. The Morgan fingerprint density at radius 2 is 2.00 bits per heavy atom. The number of amides is 1. The molecule has 9 heteroatoms. The Morgan fingerprint density at radius 1 is 1.31 bits per heavy atom. The molecule has 0 aliphatic heterocycles. The summed E-state index contributed by atoms with van der Waals surface area (Å²) in [6, 6.07) is 3.84. The van der Waals surface area contributed by atoms with Gasteiger partial charge in [0.25, 0.3) is 5.91 Å². The van der Waals surface area contributed by atoms with Gasteiger partial charge in [-0.3, -0.25) is 9.59 Å². The first kappa shape index (κ1) is 25.5. The third-order valence-electron chi connectivity index (χ3n) is 5.90. The first-order valence-corrected chi connectivity index (χ1v) is 11.1. The highest BCUT2D eigenvalue weighted by molar-refractivity contribution is 5.80. The number of nitroso groups, excluding NO2 is 1. The van der Waals surface area contributed by atoms with Crippen LogP contribution in [0.25, 0.3) is 0 Å². The molecule has 0 bridgehead atoms. The summed E-state index contributed by atoms with van der Waals surface area (Å²) in [5.41, 5.74) is 1.59. The minimum Gasteiger partial charge on any atom is -0.456 e. The van der Waals surface area contributed by atoms with Crippen LogP contribution in [0.2, 0.25) is 0 Å². The van der Waals surface area contributed by atoms with E-state index in [9.17, 15) is 14.5 Å². The van der Waals surface area contributed by atoms with Crippen LogP contribution in [0.15, 0.2) is 17.4 Å². The fourth-order valence-electron chi connectivity index (χ4n) is 3.84. The molecule has 0 aromatic carbocycles. The summed E-state index contributed by atoms with van der Waals surface area (Å²) in [6.45, 7) is 12.4. The lowest BCUT2D eigenvalue weighted by atomic mass is 9.68. The summed E-state index contributed by atoms with van der Waals surface area (Å²) in [5, 5.41) is 10.7. The summed E-state index contributed by atoms with van der Waals surface area (Å²) in [7, 11) is 1.59. The Morgan fingerprint density at radius 3 is 2.59 bits per heavy atom. The third-order valence-corrected chi connectivity index (χ3v) is 5.90. The number of ether oxygens (including phenoxy) is 1. The molecule has 0 spiro atoms. The van der Waals surface area contributed by atoms with E-state index >= 15 is 0 Å². The fraction of sp³-hybridized carbons (Fsp3) is 0.696. The average Bonchev–Trinajstić information content (AvgIpc) is 2.71. The maximum absolute atomic E-state index is 12.3. The molecule has 1 aliphatic carbocycles. The summed E-state index contributed by atoms with van der Waals surface area (Å²) < 4.78 is 4.82. The van der Waals surface area contributed by atoms with Crippen LogP contribution in [-0.2, 0) is 14.3 Å². The molecule has 1 aliphatic rings. The molecule has 2 atom stereocenters. The zero-order valence-corrected chi connectivity index (χ0v) is 20.3. The Labute approximate surface area is 190 Å². The van der Waals surface area contributed by atoms with Crippen molar-refractivity contribution in [2.75, 3.05) is 30.5 Å². The van der Waals surface area contributed by atoms with Gasteiger partial charge in [0.15, 0.2) is 12.4 Å². The van der Waals surface area contributed by atoms with Crippen LogP contribution in [0.3, 0.4) is 0 Å². The second-order valence-electron chi connectivity index (χ2n) is 10.5. The molecule has 1 amide bonds.